The average Bonchev–Trinajstić information content (AvgIpc) is 2.42. The molecule has 5 heteroatoms. The highest BCUT2D eigenvalue weighted by Gasteiger charge is 2.12. The van der Waals surface area contributed by atoms with E-state index in [0.29, 0.717) is 27.0 Å². The van der Waals surface area contributed by atoms with Gasteiger partial charge in [0.2, 0.25) is 0 Å². The van der Waals surface area contributed by atoms with Crippen LogP contribution in [0.4, 0.5) is 11.4 Å². The van der Waals surface area contributed by atoms with Gasteiger partial charge in [-0.15, -0.1) is 0 Å². The van der Waals surface area contributed by atoms with E-state index in [1.165, 1.54) is 6.92 Å². The Bertz CT molecular complexity index is 683. The summed E-state index contributed by atoms with van der Waals surface area (Å²) < 4.78 is 0.556. The smallest absolute Gasteiger partial charge is 0.256 e. The monoisotopic (exact) mass is 332 g/mol. The molecule has 0 unspecified atom stereocenters. The van der Waals surface area contributed by atoms with Crippen molar-refractivity contribution in [3.63, 3.8) is 0 Å². The Morgan fingerprint density at radius 3 is 2.55 bits per heavy atom. The molecule has 0 aliphatic heterocycles. The van der Waals surface area contributed by atoms with Crippen LogP contribution in [0.1, 0.15) is 27.6 Å². The van der Waals surface area contributed by atoms with Gasteiger partial charge in [0.15, 0.2) is 5.78 Å². The minimum atomic E-state index is -0.287. The lowest BCUT2D eigenvalue weighted by atomic mass is 10.1. The van der Waals surface area contributed by atoms with E-state index < -0.39 is 0 Å². The van der Waals surface area contributed by atoms with Gasteiger partial charge < -0.3 is 11.1 Å². The van der Waals surface area contributed by atoms with Crippen LogP contribution in [0.5, 0.6) is 0 Å². The Morgan fingerprint density at radius 1 is 1.15 bits per heavy atom. The van der Waals surface area contributed by atoms with Crippen molar-refractivity contribution in [1.82, 2.24) is 0 Å². The molecule has 4 nitrogen and oxygen atoms in total. The number of hydrogen-bond donors (Lipinski definition) is 2. The molecule has 2 rings (SSSR count). The third-order valence-corrected chi connectivity index (χ3v) is 3.69. The number of amides is 1. The van der Waals surface area contributed by atoms with Crippen molar-refractivity contribution in [3.05, 3.63) is 58.1 Å². The van der Waals surface area contributed by atoms with Gasteiger partial charge in [0.1, 0.15) is 0 Å². The summed E-state index contributed by atoms with van der Waals surface area (Å²) in [4.78, 5) is 23.5. The van der Waals surface area contributed by atoms with E-state index >= 15 is 0 Å². The van der Waals surface area contributed by atoms with Crippen LogP contribution < -0.4 is 11.1 Å². The highest BCUT2D eigenvalue weighted by Crippen LogP contribution is 2.24. The van der Waals surface area contributed by atoms with Gasteiger partial charge in [-0.1, -0.05) is 18.2 Å². The molecule has 0 bridgehead atoms. The van der Waals surface area contributed by atoms with E-state index in [9.17, 15) is 9.59 Å². The highest BCUT2D eigenvalue weighted by molar-refractivity contribution is 9.10. The number of carbonyl (C=O) groups is 2. The maximum absolute atomic E-state index is 12.2. The van der Waals surface area contributed by atoms with E-state index in [4.69, 9.17) is 5.73 Å². The molecule has 0 heterocycles. The van der Waals surface area contributed by atoms with Crippen LogP contribution in [0, 0.1) is 0 Å². The number of rotatable bonds is 3. The quantitative estimate of drug-likeness (QED) is 0.667. The fraction of sp³-hybridized carbons (Fsp3) is 0.0667. The van der Waals surface area contributed by atoms with Crippen LogP contribution in [0.25, 0.3) is 0 Å². The normalized spacial score (nSPS) is 10.1. The maximum atomic E-state index is 12.2. The summed E-state index contributed by atoms with van der Waals surface area (Å²) in [5.41, 5.74) is 7.80. The maximum Gasteiger partial charge on any atom is 0.256 e. The molecule has 0 saturated heterocycles. The summed E-state index contributed by atoms with van der Waals surface area (Å²) in [5.74, 6) is -0.337. The zero-order valence-electron chi connectivity index (χ0n) is 10.8. The van der Waals surface area contributed by atoms with Crippen LogP contribution in [-0.2, 0) is 0 Å². The Balaban J connectivity index is 2.26. The first-order chi connectivity index (χ1) is 9.49. The van der Waals surface area contributed by atoms with E-state index in [2.05, 4.69) is 21.2 Å². The van der Waals surface area contributed by atoms with Crippen molar-refractivity contribution in [2.24, 2.45) is 0 Å². The van der Waals surface area contributed by atoms with Gasteiger partial charge in [0.05, 0.1) is 10.0 Å². The van der Waals surface area contributed by atoms with Crippen LogP contribution >= 0.6 is 15.9 Å². The lowest BCUT2D eigenvalue weighted by Crippen LogP contribution is -2.13. The average molecular weight is 333 g/mol. The second-order valence-electron chi connectivity index (χ2n) is 4.30. The Labute approximate surface area is 125 Å². The third-order valence-electron chi connectivity index (χ3n) is 2.80. The summed E-state index contributed by atoms with van der Waals surface area (Å²) in [6.07, 6.45) is 0. The molecular formula is C15H13BrN2O2. The largest absolute Gasteiger partial charge is 0.398 e. The number of nitrogens with two attached hydrogens (primary N) is 1. The first kappa shape index (κ1) is 14.3. The number of halogens is 1. The van der Waals surface area contributed by atoms with E-state index in [1.807, 2.05) is 0 Å². The van der Waals surface area contributed by atoms with Crippen molar-refractivity contribution in [3.8, 4) is 0 Å². The van der Waals surface area contributed by atoms with Crippen LogP contribution in [0.2, 0.25) is 0 Å². The van der Waals surface area contributed by atoms with E-state index in [1.54, 1.807) is 42.5 Å². The number of nitrogens with one attached hydrogen (secondary N) is 1. The Morgan fingerprint density at radius 2 is 1.85 bits per heavy atom. The molecule has 0 aliphatic carbocycles. The van der Waals surface area contributed by atoms with Crippen LogP contribution in [0.15, 0.2) is 46.9 Å². The predicted octanol–water partition coefficient (Wildman–Crippen LogP) is 3.49. The molecule has 20 heavy (non-hydrogen) atoms. The van der Waals surface area contributed by atoms with Gasteiger partial charge in [-0.05, 0) is 47.1 Å². The number of Topliss-reactive ketones (excluding diaryl/α,β-unsaturated/α-hetero) is 1. The molecule has 0 aliphatic rings. The van der Waals surface area contributed by atoms with Crippen LogP contribution in [-0.4, -0.2) is 11.7 Å². The first-order valence-electron chi connectivity index (χ1n) is 5.95. The molecule has 2 aromatic carbocycles. The predicted molar refractivity (Wildman–Crippen MR) is 83.0 cm³/mol. The Kier molecular flexibility index (Phi) is 4.20. The second-order valence-corrected chi connectivity index (χ2v) is 5.09. The number of ketones is 1. The van der Waals surface area contributed by atoms with E-state index in [0.717, 1.165) is 0 Å². The standard InChI is InChI=1S/C15H13BrN2O2/c1-9(19)10-4-2-5-11(8-10)18-15(20)12-6-3-7-13(17)14(12)16/h2-8H,17H2,1H3,(H,18,20). The molecule has 3 N–H and O–H groups in total. The number of carbonyl (C=O) groups excluding carboxylic acids is 2. The van der Waals surface area contributed by atoms with Crippen molar-refractivity contribution in [2.75, 3.05) is 11.1 Å². The molecule has 2 aromatic rings. The summed E-state index contributed by atoms with van der Waals surface area (Å²) >= 11 is 3.29. The molecule has 102 valence electrons. The van der Waals surface area contributed by atoms with Gasteiger partial charge in [-0.2, -0.15) is 0 Å². The van der Waals surface area contributed by atoms with Crippen molar-refractivity contribution in [2.45, 2.75) is 6.92 Å². The van der Waals surface area contributed by atoms with Crippen molar-refractivity contribution >= 4 is 39.0 Å². The fourth-order valence-corrected chi connectivity index (χ4v) is 2.18. The number of nitrogen functional groups attached to an aromatic ring is 1. The lowest BCUT2D eigenvalue weighted by molar-refractivity contribution is 0.101. The van der Waals surface area contributed by atoms with Gasteiger partial charge in [-0.3, -0.25) is 9.59 Å². The number of benzene rings is 2. The summed E-state index contributed by atoms with van der Waals surface area (Å²) in [7, 11) is 0. The highest BCUT2D eigenvalue weighted by atomic mass is 79.9. The number of anilines is 2. The topological polar surface area (TPSA) is 72.2 Å². The minimum Gasteiger partial charge on any atom is -0.398 e. The second kappa shape index (κ2) is 5.88. The zero-order chi connectivity index (χ0) is 14.7. The fourth-order valence-electron chi connectivity index (χ4n) is 1.74. The first-order valence-corrected chi connectivity index (χ1v) is 6.74. The molecule has 0 atom stereocenters. The molecule has 0 spiro atoms. The van der Waals surface area contributed by atoms with Crippen molar-refractivity contribution in [1.29, 1.82) is 0 Å². The minimum absolute atomic E-state index is 0.0498. The van der Waals surface area contributed by atoms with E-state index in [-0.39, 0.29) is 11.7 Å². The van der Waals surface area contributed by atoms with Crippen molar-refractivity contribution < 1.29 is 9.59 Å². The number of hydrogen-bond acceptors (Lipinski definition) is 3. The molecule has 0 radical (unpaired) electrons. The Hall–Kier alpha value is -2.14. The molecule has 0 saturated carbocycles. The van der Waals surface area contributed by atoms with Crippen LogP contribution in [0.3, 0.4) is 0 Å². The molecule has 1 amide bonds. The lowest BCUT2D eigenvalue weighted by Gasteiger charge is -2.09. The van der Waals surface area contributed by atoms with Gasteiger partial charge in [0, 0.05) is 16.9 Å². The molecule has 0 fully saturated rings. The summed E-state index contributed by atoms with van der Waals surface area (Å²) in [6, 6.07) is 11.9. The van der Waals surface area contributed by atoms with Gasteiger partial charge in [0.25, 0.3) is 5.91 Å². The third kappa shape index (κ3) is 3.05. The zero-order valence-corrected chi connectivity index (χ0v) is 12.4. The summed E-state index contributed by atoms with van der Waals surface area (Å²) in [5, 5.41) is 2.74. The molecule has 0 aromatic heterocycles. The SMILES string of the molecule is CC(=O)c1cccc(NC(=O)c2cccc(N)c2Br)c1. The molecular weight excluding hydrogens is 320 g/mol. The van der Waals surface area contributed by atoms with Gasteiger partial charge >= 0.3 is 0 Å². The van der Waals surface area contributed by atoms with Gasteiger partial charge in [-0.25, -0.2) is 0 Å². The summed E-state index contributed by atoms with van der Waals surface area (Å²) in [6.45, 7) is 1.48.